The van der Waals surface area contributed by atoms with Crippen molar-refractivity contribution in [2.75, 3.05) is 26.2 Å². The van der Waals surface area contributed by atoms with Crippen molar-refractivity contribution in [1.29, 1.82) is 0 Å². The van der Waals surface area contributed by atoms with Crippen molar-refractivity contribution in [3.8, 4) is 0 Å². The summed E-state index contributed by atoms with van der Waals surface area (Å²) in [7, 11) is 0. The first-order chi connectivity index (χ1) is 10.4. The van der Waals surface area contributed by atoms with Gasteiger partial charge in [0.1, 0.15) is 0 Å². The van der Waals surface area contributed by atoms with Crippen molar-refractivity contribution in [1.82, 2.24) is 10.2 Å². The number of benzene rings is 1. The van der Waals surface area contributed by atoms with E-state index in [1.54, 1.807) is 6.07 Å². The molecule has 2 fully saturated rings. The maximum Gasteiger partial charge on any atom is 0.417 e. The van der Waals surface area contributed by atoms with E-state index in [2.05, 4.69) is 10.2 Å². The molecule has 3 rings (SSSR count). The largest absolute Gasteiger partial charge is 0.417 e. The van der Waals surface area contributed by atoms with Gasteiger partial charge in [0.2, 0.25) is 0 Å². The Balaban J connectivity index is 0.00000192. The van der Waals surface area contributed by atoms with Gasteiger partial charge in [-0.3, -0.25) is 4.90 Å². The normalized spacial score (nSPS) is 20.9. The van der Waals surface area contributed by atoms with Crippen molar-refractivity contribution < 1.29 is 13.2 Å². The summed E-state index contributed by atoms with van der Waals surface area (Å²) in [6.45, 7) is 3.71. The molecule has 23 heavy (non-hydrogen) atoms. The van der Waals surface area contributed by atoms with E-state index in [-0.39, 0.29) is 23.5 Å². The van der Waals surface area contributed by atoms with Crippen LogP contribution >= 0.6 is 24.0 Å². The van der Waals surface area contributed by atoms with Crippen LogP contribution in [0.1, 0.15) is 36.4 Å². The molecular formula is C16H21Cl2F3N2. The zero-order valence-corrected chi connectivity index (χ0v) is 14.3. The molecule has 0 unspecified atom stereocenters. The lowest BCUT2D eigenvalue weighted by molar-refractivity contribution is -0.137. The Morgan fingerprint density at radius 3 is 2.39 bits per heavy atom. The van der Waals surface area contributed by atoms with Gasteiger partial charge in [-0.2, -0.15) is 13.2 Å². The van der Waals surface area contributed by atoms with Crippen molar-refractivity contribution in [2.24, 2.45) is 5.92 Å². The fraction of sp³-hybridized carbons (Fsp3) is 0.625. The van der Waals surface area contributed by atoms with E-state index in [0.717, 1.165) is 44.2 Å². The Morgan fingerprint density at radius 1 is 1.22 bits per heavy atom. The molecule has 0 amide bonds. The van der Waals surface area contributed by atoms with Gasteiger partial charge in [-0.1, -0.05) is 30.5 Å². The van der Waals surface area contributed by atoms with Crippen LogP contribution in [0, 0.1) is 5.92 Å². The Morgan fingerprint density at radius 2 is 1.87 bits per heavy atom. The van der Waals surface area contributed by atoms with E-state index in [4.69, 9.17) is 11.6 Å². The fourth-order valence-electron chi connectivity index (χ4n) is 3.13. The molecule has 0 spiro atoms. The van der Waals surface area contributed by atoms with Gasteiger partial charge in [0.05, 0.1) is 10.6 Å². The maximum atomic E-state index is 12.9. The lowest BCUT2D eigenvalue weighted by Crippen LogP contribution is -2.45. The first-order valence-electron chi connectivity index (χ1n) is 7.76. The molecule has 1 aromatic rings. The second kappa shape index (κ2) is 7.60. The monoisotopic (exact) mass is 368 g/mol. The van der Waals surface area contributed by atoms with Gasteiger partial charge >= 0.3 is 6.18 Å². The van der Waals surface area contributed by atoms with Crippen LogP contribution in [0.25, 0.3) is 0 Å². The highest BCUT2D eigenvalue weighted by Gasteiger charge is 2.35. The standard InChI is InChI=1S/C16H20ClF3N2.ClH/c17-14-10-12(3-4-13(14)16(18,19)20)15(9-11-1-2-11)22-7-5-21-6-8-22;/h3-4,10-11,15,21H,1-2,5-9H2;1H/t15-;/m0./s1. The highest BCUT2D eigenvalue weighted by atomic mass is 35.5. The Bertz CT molecular complexity index is 527. The predicted octanol–water partition coefficient (Wildman–Crippen LogP) is 4.53. The summed E-state index contributed by atoms with van der Waals surface area (Å²) in [6, 6.07) is 4.41. The second-order valence-electron chi connectivity index (χ2n) is 6.22. The molecular weight excluding hydrogens is 348 g/mol. The number of piperazine rings is 1. The van der Waals surface area contributed by atoms with E-state index in [9.17, 15) is 13.2 Å². The molecule has 1 heterocycles. The van der Waals surface area contributed by atoms with Crippen molar-refractivity contribution in [3.63, 3.8) is 0 Å². The predicted molar refractivity (Wildman–Crippen MR) is 88.2 cm³/mol. The topological polar surface area (TPSA) is 15.3 Å². The van der Waals surface area contributed by atoms with E-state index in [1.165, 1.54) is 18.9 Å². The minimum atomic E-state index is -4.39. The molecule has 0 bridgehead atoms. The lowest BCUT2D eigenvalue weighted by Gasteiger charge is -2.35. The zero-order valence-electron chi connectivity index (χ0n) is 12.7. The third kappa shape index (κ3) is 4.75. The molecule has 2 nitrogen and oxygen atoms in total. The first kappa shape index (κ1) is 18.8. The maximum absolute atomic E-state index is 12.9. The van der Waals surface area contributed by atoms with Crippen molar-refractivity contribution in [2.45, 2.75) is 31.5 Å². The van der Waals surface area contributed by atoms with Crippen LogP contribution in [0.2, 0.25) is 5.02 Å². The highest BCUT2D eigenvalue weighted by molar-refractivity contribution is 6.31. The Kier molecular flexibility index (Phi) is 6.22. The second-order valence-corrected chi connectivity index (χ2v) is 6.63. The minimum Gasteiger partial charge on any atom is -0.314 e. The summed E-state index contributed by atoms with van der Waals surface area (Å²) >= 11 is 5.90. The number of hydrogen-bond donors (Lipinski definition) is 1. The van der Waals surface area contributed by atoms with Crippen LogP contribution in [0.15, 0.2) is 18.2 Å². The number of nitrogens with one attached hydrogen (secondary N) is 1. The summed E-state index contributed by atoms with van der Waals surface area (Å²) in [6.07, 6.45) is -0.910. The molecule has 7 heteroatoms. The summed E-state index contributed by atoms with van der Waals surface area (Å²) in [5, 5.41) is 3.12. The van der Waals surface area contributed by atoms with E-state index in [1.807, 2.05) is 0 Å². The van der Waals surface area contributed by atoms with Crippen molar-refractivity contribution in [3.05, 3.63) is 34.3 Å². The number of nitrogens with zero attached hydrogens (tertiary/aromatic N) is 1. The van der Waals surface area contributed by atoms with Gasteiger partial charge in [0, 0.05) is 32.2 Å². The molecule has 1 aliphatic carbocycles. The fourth-order valence-corrected chi connectivity index (χ4v) is 3.42. The highest BCUT2D eigenvalue weighted by Crippen LogP contribution is 2.42. The third-order valence-electron chi connectivity index (χ3n) is 4.53. The summed E-state index contributed by atoms with van der Waals surface area (Å²) < 4.78 is 38.6. The van der Waals surface area contributed by atoms with E-state index in [0.29, 0.717) is 5.92 Å². The van der Waals surface area contributed by atoms with E-state index < -0.39 is 11.7 Å². The van der Waals surface area contributed by atoms with Crippen LogP contribution in [0.3, 0.4) is 0 Å². The number of rotatable bonds is 4. The Hall–Kier alpha value is -0.490. The average Bonchev–Trinajstić information content (AvgIpc) is 3.28. The van der Waals surface area contributed by atoms with Gasteiger partial charge in [-0.15, -0.1) is 12.4 Å². The quantitative estimate of drug-likeness (QED) is 0.839. The van der Waals surface area contributed by atoms with Gasteiger partial charge in [0.25, 0.3) is 0 Å². The van der Waals surface area contributed by atoms with Gasteiger partial charge in [-0.25, -0.2) is 0 Å². The SMILES string of the molecule is Cl.FC(F)(F)c1ccc([C@H](CC2CC2)N2CCNCC2)cc1Cl. The molecule has 2 aliphatic rings. The van der Waals surface area contributed by atoms with Crippen LogP contribution in [-0.4, -0.2) is 31.1 Å². The molecule has 1 atom stereocenters. The number of alkyl halides is 3. The van der Waals surface area contributed by atoms with Gasteiger partial charge in [0.15, 0.2) is 0 Å². The molecule has 1 aliphatic heterocycles. The van der Waals surface area contributed by atoms with Crippen LogP contribution < -0.4 is 5.32 Å². The number of hydrogen-bond acceptors (Lipinski definition) is 2. The van der Waals surface area contributed by atoms with Crippen molar-refractivity contribution >= 4 is 24.0 Å². The first-order valence-corrected chi connectivity index (χ1v) is 8.14. The van der Waals surface area contributed by atoms with Crippen LogP contribution in [0.4, 0.5) is 13.2 Å². The van der Waals surface area contributed by atoms with Gasteiger partial charge in [-0.05, 0) is 30.0 Å². The molecule has 0 radical (unpaired) electrons. The molecule has 0 aromatic heterocycles. The number of halogens is 5. The smallest absolute Gasteiger partial charge is 0.314 e. The summed E-state index contributed by atoms with van der Waals surface area (Å²) in [5.74, 6) is 0.709. The molecule has 1 N–H and O–H groups in total. The molecule has 1 saturated heterocycles. The molecule has 1 saturated carbocycles. The average molecular weight is 369 g/mol. The van der Waals surface area contributed by atoms with Gasteiger partial charge < -0.3 is 5.32 Å². The van der Waals surface area contributed by atoms with Crippen LogP contribution in [0.5, 0.6) is 0 Å². The summed E-state index contributed by atoms with van der Waals surface area (Å²) in [4.78, 5) is 2.37. The summed E-state index contributed by atoms with van der Waals surface area (Å²) in [5.41, 5.74) is 0.162. The third-order valence-corrected chi connectivity index (χ3v) is 4.84. The lowest BCUT2D eigenvalue weighted by atomic mass is 9.97. The van der Waals surface area contributed by atoms with Crippen LogP contribution in [-0.2, 0) is 6.18 Å². The minimum absolute atomic E-state index is 0. The molecule has 1 aromatic carbocycles. The zero-order chi connectivity index (χ0) is 15.7. The van der Waals surface area contributed by atoms with E-state index >= 15 is 0 Å². The molecule has 130 valence electrons. The Labute approximate surface area is 145 Å².